The van der Waals surface area contributed by atoms with Crippen LogP contribution in [0, 0.1) is 0 Å². The molecular weight excluding hydrogens is 354 g/mol. The summed E-state index contributed by atoms with van der Waals surface area (Å²) in [7, 11) is 1.54. The molecule has 0 saturated heterocycles. The third-order valence-corrected chi connectivity index (χ3v) is 4.08. The number of rotatable bonds is 5. The first-order valence-electron chi connectivity index (χ1n) is 7.80. The lowest BCUT2D eigenvalue weighted by Gasteiger charge is -2.09. The number of pyridine rings is 1. The van der Waals surface area contributed by atoms with Gasteiger partial charge in [-0.05, 0) is 29.8 Å². The van der Waals surface area contributed by atoms with Crippen molar-refractivity contribution in [1.29, 1.82) is 0 Å². The molecule has 0 aliphatic carbocycles. The number of nitrogens with zero attached hydrogens (tertiary/aromatic N) is 3. The molecule has 132 valence electrons. The highest BCUT2D eigenvalue weighted by Crippen LogP contribution is 2.16. The van der Waals surface area contributed by atoms with Gasteiger partial charge in [-0.3, -0.25) is 14.6 Å². The van der Waals surface area contributed by atoms with Gasteiger partial charge in [0.25, 0.3) is 11.5 Å². The van der Waals surface area contributed by atoms with Crippen LogP contribution in [0.3, 0.4) is 0 Å². The predicted molar refractivity (Wildman–Crippen MR) is 100 cm³/mol. The van der Waals surface area contributed by atoms with Gasteiger partial charge in [0.1, 0.15) is 5.02 Å². The van der Waals surface area contributed by atoms with Crippen LogP contribution in [-0.4, -0.2) is 20.7 Å². The number of halogens is 1. The number of aromatic nitrogens is 3. The summed E-state index contributed by atoms with van der Waals surface area (Å²) in [5, 5.41) is 9.89. The molecule has 0 unspecified atom stereocenters. The highest BCUT2D eigenvalue weighted by molar-refractivity contribution is 6.32. The number of nitrogens with one attached hydrogen (secondary N) is 2. The fraction of sp³-hybridized carbons (Fsp3) is 0.111. The molecule has 0 aliphatic heterocycles. The van der Waals surface area contributed by atoms with E-state index in [-0.39, 0.29) is 16.5 Å². The van der Waals surface area contributed by atoms with Gasteiger partial charge in [-0.25, -0.2) is 4.68 Å². The number of benzene rings is 1. The second-order valence-electron chi connectivity index (χ2n) is 5.54. The Bertz CT molecular complexity index is 971. The Morgan fingerprint density at radius 2 is 1.85 bits per heavy atom. The van der Waals surface area contributed by atoms with Crippen molar-refractivity contribution in [3.8, 4) is 0 Å². The van der Waals surface area contributed by atoms with E-state index in [0.717, 1.165) is 5.56 Å². The van der Waals surface area contributed by atoms with Gasteiger partial charge in [0.2, 0.25) is 0 Å². The Kier molecular flexibility index (Phi) is 5.28. The third-order valence-electron chi connectivity index (χ3n) is 3.72. The first-order valence-corrected chi connectivity index (χ1v) is 8.18. The Hall–Kier alpha value is -3.19. The molecule has 0 fully saturated rings. The molecule has 0 saturated carbocycles. The molecule has 0 aliphatic rings. The molecule has 0 spiro atoms. The van der Waals surface area contributed by atoms with Gasteiger partial charge in [0.05, 0.1) is 11.9 Å². The average molecular weight is 370 g/mol. The van der Waals surface area contributed by atoms with Gasteiger partial charge in [-0.15, -0.1) is 0 Å². The van der Waals surface area contributed by atoms with E-state index in [0.29, 0.717) is 23.5 Å². The molecule has 1 amide bonds. The Balaban J connectivity index is 1.64. The maximum Gasteiger partial charge on any atom is 0.287 e. The van der Waals surface area contributed by atoms with E-state index in [1.54, 1.807) is 36.7 Å². The molecule has 7 nitrogen and oxygen atoms in total. The van der Waals surface area contributed by atoms with Crippen molar-refractivity contribution in [3.05, 3.63) is 81.5 Å². The number of aryl methyl sites for hydroxylation is 1. The van der Waals surface area contributed by atoms with E-state index in [1.807, 2.05) is 12.1 Å². The molecule has 26 heavy (non-hydrogen) atoms. The number of amides is 1. The lowest BCUT2D eigenvalue weighted by Crippen LogP contribution is -2.21. The predicted octanol–water partition coefficient (Wildman–Crippen LogP) is 2.69. The first-order chi connectivity index (χ1) is 12.5. The third kappa shape index (κ3) is 4.07. The lowest BCUT2D eigenvalue weighted by atomic mass is 10.1. The summed E-state index contributed by atoms with van der Waals surface area (Å²) < 4.78 is 1.17. The van der Waals surface area contributed by atoms with Gasteiger partial charge in [-0.2, -0.15) is 5.10 Å². The summed E-state index contributed by atoms with van der Waals surface area (Å²) in [5.74, 6) is -0.200. The monoisotopic (exact) mass is 369 g/mol. The SMILES string of the molecule is Cn1ncc(NCc2ccc(C(=O)Nc3ccncc3)cc2)c(Cl)c1=O. The summed E-state index contributed by atoms with van der Waals surface area (Å²) in [5.41, 5.74) is 2.26. The summed E-state index contributed by atoms with van der Waals surface area (Å²) in [4.78, 5) is 27.9. The topological polar surface area (TPSA) is 88.9 Å². The van der Waals surface area contributed by atoms with Crippen molar-refractivity contribution in [2.24, 2.45) is 7.05 Å². The molecule has 2 aromatic heterocycles. The maximum atomic E-state index is 12.2. The normalized spacial score (nSPS) is 10.4. The van der Waals surface area contributed by atoms with Crippen LogP contribution in [-0.2, 0) is 13.6 Å². The molecule has 0 radical (unpaired) electrons. The van der Waals surface area contributed by atoms with E-state index in [4.69, 9.17) is 11.6 Å². The van der Waals surface area contributed by atoms with Crippen molar-refractivity contribution in [3.63, 3.8) is 0 Å². The van der Waals surface area contributed by atoms with Crippen molar-refractivity contribution in [2.45, 2.75) is 6.54 Å². The summed E-state index contributed by atoms with van der Waals surface area (Å²) >= 11 is 6.02. The molecule has 1 aromatic carbocycles. The summed E-state index contributed by atoms with van der Waals surface area (Å²) in [6.07, 6.45) is 4.72. The van der Waals surface area contributed by atoms with Crippen LogP contribution in [0.5, 0.6) is 0 Å². The van der Waals surface area contributed by atoms with E-state index >= 15 is 0 Å². The number of hydrogen-bond acceptors (Lipinski definition) is 5. The molecule has 2 heterocycles. The smallest absolute Gasteiger partial charge is 0.287 e. The zero-order valence-electron chi connectivity index (χ0n) is 13.9. The van der Waals surface area contributed by atoms with Crippen molar-refractivity contribution in [1.82, 2.24) is 14.8 Å². The number of carbonyl (C=O) groups is 1. The van der Waals surface area contributed by atoms with Gasteiger partial charge >= 0.3 is 0 Å². The zero-order valence-corrected chi connectivity index (χ0v) is 14.7. The standard InChI is InChI=1S/C18H16ClN5O2/c1-24-18(26)16(19)15(11-22-24)21-10-12-2-4-13(5-3-12)17(25)23-14-6-8-20-9-7-14/h2-9,11,21H,10H2,1H3,(H,20,23,25). The summed E-state index contributed by atoms with van der Waals surface area (Å²) in [6, 6.07) is 10.6. The van der Waals surface area contributed by atoms with Crippen molar-refractivity contribution in [2.75, 3.05) is 10.6 Å². The summed E-state index contributed by atoms with van der Waals surface area (Å²) in [6.45, 7) is 0.445. The van der Waals surface area contributed by atoms with E-state index in [9.17, 15) is 9.59 Å². The van der Waals surface area contributed by atoms with Crippen LogP contribution in [0.1, 0.15) is 15.9 Å². The van der Waals surface area contributed by atoms with Crippen LogP contribution < -0.4 is 16.2 Å². The first kappa shape index (κ1) is 17.6. The van der Waals surface area contributed by atoms with E-state index in [2.05, 4.69) is 20.7 Å². The molecule has 8 heteroatoms. The highest BCUT2D eigenvalue weighted by atomic mass is 35.5. The van der Waals surface area contributed by atoms with Crippen molar-refractivity contribution >= 4 is 28.9 Å². The number of carbonyl (C=O) groups excluding carboxylic acids is 1. The minimum Gasteiger partial charge on any atom is -0.378 e. The van der Waals surface area contributed by atoms with Crippen LogP contribution in [0.25, 0.3) is 0 Å². The van der Waals surface area contributed by atoms with Crippen LogP contribution >= 0.6 is 11.6 Å². The quantitative estimate of drug-likeness (QED) is 0.721. The largest absolute Gasteiger partial charge is 0.378 e. The minimum absolute atomic E-state index is 0.0934. The number of hydrogen-bond donors (Lipinski definition) is 2. The average Bonchev–Trinajstić information content (AvgIpc) is 2.67. The van der Waals surface area contributed by atoms with Gasteiger partial charge in [-0.1, -0.05) is 23.7 Å². The number of anilines is 2. The fourth-order valence-electron chi connectivity index (χ4n) is 2.24. The van der Waals surface area contributed by atoms with Crippen molar-refractivity contribution < 1.29 is 4.79 Å². The second kappa shape index (κ2) is 7.79. The van der Waals surface area contributed by atoms with E-state index < -0.39 is 0 Å². The van der Waals surface area contributed by atoms with Crippen LogP contribution in [0.15, 0.2) is 59.8 Å². The second-order valence-corrected chi connectivity index (χ2v) is 5.92. The molecule has 3 aromatic rings. The minimum atomic E-state index is -0.361. The van der Waals surface area contributed by atoms with E-state index in [1.165, 1.54) is 17.9 Å². The van der Waals surface area contributed by atoms with Crippen LogP contribution in [0.2, 0.25) is 5.02 Å². The highest BCUT2D eigenvalue weighted by Gasteiger charge is 2.08. The Morgan fingerprint density at radius 1 is 1.15 bits per heavy atom. The molecule has 2 N–H and O–H groups in total. The Morgan fingerprint density at radius 3 is 2.54 bits per heavy atom. The maximum absolute atomic E-state index is 12.2. The molecule has 0 atom stereocenters. The fourth-order valence-corrected chi connectivity index (χ4v) is 2.48. The van der Waals surface area contributed by atoms with Gasteiger partial charge in [0.15, 0.2) is 0 Å². The molecule has 3 rings (SSSR count). The zero-order chi connectivity index (χ0) is 18.5. The Labute approximate surface area is 154 Å². The molecular formula is C18H16ClN5O2. The lowest BCUT2D eigenvalue weighted by molar-refractivity contribution is 0.102. The van der Waals surface area contributed by atoms with Gasteiger partial charge < -0.3 is 10.6 Å². The molecule has 0 bridgehead atoms. The van der Waals surface area contributed by atoms with Gasteiger partial charge in [0, 0.05) is 37.2 Å². The van der Waals surface area contributed by atoms with Crippen LogP contribution in [0.4, 0.5) is 11.4 Å².